The number of amides is 2. The van der Waals surface area contributed by atoms with Crippen molar-refractivity contribution in [1.82, 2.24) is 10.2 Å². The largest absolute Gasteiger partial charge is 0.411 e. The second-order valence-electron chi connectivity index (χ2n) is 7.57. The number of alkyl halides is 3. The fourth-order valence-electron chi connectivity index (χ4n) is 3.51. The average molecular weight is 434 g/mol. The maximum absolute atomic E-state index is 12.5. The number of nitrogens with one attached hydrogen (secondary N) is 1. The number of rotatable bonds is 7. The molecule has 0 unspecified atom stereocenters. The summed E-state index contributed by atoms with van der Waals surface area (Å²) in [7, 11) is 0. The van der Waals surface area contributed by atoms with E-state index in [-0.39, 0.29) is 24.3 Å². The van der Waals surface area contributed by atoms with Crippen LogP contribution in [0.4, 0.5) is 18.0 Å². The summed E-state index contributed by atoms with van der Waals surface area (Å²) in [4.78, 5) is 26.7. The smallest absolute Gasteiger partial charge is 0.367 e. The first kappa shape index (κ1) is 22.8. The van der Waals surface area contributed by atoms with Crippen molar-refractivity contribution in [3.8, 4) is 0 Å². The Labute approximate surface area is 179 Å². The molecule has 0 aliphatic carbocycles. The number of halogens is 3. The summed E-state index contributed by atoms with van der Waals surface area (Å²) < 4.78 is 40.9. The van der Waals surface area contributed by atoms with Gasteiger partial charge in [-0.3, -0.25) is 4.79 Å². The minimum atomic E-state index is -4.34. The van der Waals surface area contributed by atoms with Gasteiger partial charge in [0.15, 0.2) is 5.78 Å². The highest BCUT2D eigenvalue weighted by Gasteiger charge is 2.28. The molecule has 0 atom stereocenters. The van der Waals surface area contributed by atoms with E-state index in [1.165, 1.54) is 0 Å². The molecule has 0 aromatic heterocycles. The van der Waals surface area contributed by atoms with Gasteiger partial charge in [0.2, 0.25) is 0 Å². The Morgan fingerprint density at radius 1 is 0.968 bits per heavy atom. The van der Waals surface area contributed by atoms with Crippen molar-refractivity contribution in [2.24, 2.45) is 5.92 Å². The number of carbonyl (C=O) groups excluding carboxylic acids is 2. The van der Waals surface area contributed by atoms with Gasteiger partial charge in [-0.2, -0.15) is 13.2 Å². The van der Waals surface area contributed by atoms with E-state index in [2.05, 4.69) is 10.1 Å². The maximum atomic E-state index is 12.5. The highest BCUT2D eigenvalue weighted by molar-refractivity contribution is 5.97. The molecular weight excluding hydrogens is 409 g/mol. The van der Waals surface area contributed by atoms with Crippen LogP contribution in [-0.4, -0.2) is 42.6 Å². The number of ketones is 1. The van der Waals surface area contributed by atoms with Gasteiger partial charge in [-0.05, 0) is 24.0 Å². The Kier molecular flexibility index (Phi) is 7.68. The van der Waals surface area contributed by atoms with Gasteiger partial charge in [0.1, 0.15) is 6.61 Å². The van der Waals surface area contributed by atoms with Crippen molar-refractivity contribution in [2.45, 2.75) is 32.2 Å². The summed E-state index contributed by atoms with van der Waals surface area (Å²) in [6.45, 7) is -0.0538. The van der Waals surface area contributed by atoms with E-state index in [1.54, 1.807) is 29.2 Å². The van der Waals surface area contributed by atoms with Gasteiger partial charge in [-0.25, -0.2) is 4.79 Å². The quantitative estimate of drug-likeness (QED) is 0.650. The molecule has 1 saturated heterocycles. The molecule has 2 aromatic rings. The van der Waals surface area contributed by atoms with Crippen LogP contribution in [-0.2, 0) is 17.9 Å². The lowest BCUT2D eigenvalue weighted by Crippen LogP contribution is -2.45. The van der Waals surface area contributed by atoms with Gasteiger partial charge in [-0.15, -0.1) is 0 Å². The number of likely N-dealkylation sites (tertiary alicyclic amines) is 1. The zero-order chi connectivity index (χ0) is 22.3. The highest BCUT2D eigenvalue weighted by Crippen LogP contribution is 2.22. The van der Waals surface area contributed by atoms with E-state index in [9.17, 15) is 22.8 Å². The zero-order valence-electron chi connectivity index (χ0n) is 17.0. The van der Waals surface area contributed by atoms with Crippen LogP contribution in [0.15, 0.2) is 54.6 Å². The normalized spacial score (nSPS) is 15.0. The predicted octanol–water partition coefficient (Wildman–Crippen LogP) is 4.57. The average Bonchev–Trinajstić information content (AvgIpc) is 2.78. The Hall–Kier alpha value is -2.87. The molecule has 1 N–H and O–H groups in total. The molecule has 8 heteroatoms. The minimum absolute atomic E-state index is 0.0708. The molecule has 0 spiro atoms. The van der Waals surface area contributed by atoms with Gasteiger partial charge in [-0.1, -0.05) is 54.6 Å². The summed E-state index contributed by atoms with van der Waals surface area (Å²) in [5, 5.41) is 2.85. The topological polar surface area (TPSA) is 58.6 Å². The molecule has 5 nitrogen and oxygen atoms in total. The molecule has 0 bridgehead atoms. The molecule has 1 fully saturated rings. The molecule has 1 heterocycles. The minimum Gasteiger partial charge on any atom is -0.367 e. The van der Waals surface area contributed by atoms with E-state index in [0.717, 1.165) is 5.56 Å². The third-order valence-electron chi connectivity index (χ3n) is 5.21. The van der Waals surface area contributed by atoms with Crippen molar-refractivity contribution >= 4 is 11.8 Å². The highest BCUT2D eigenvalue weighted by atomic mass is 19.4. The Bertz CT molecular complexity index is 862. The van der Waals surface area contributed by atoms with Crippen LogP contribution < -0.4 is 5.32 Å². The van der Waals surface area contributed by atoms with Crippen LogP contribution in [0.3, 0.4) is 0 Å². The van der Waals surface area contributed by atoms with Crippen LogP contribution in [0.2, 0.25) is 0 Å². The SMILES string of the molecule is O=C(c1ccccc1)C1CCN(C(=O)NCc2ccc(COCC(F)(F)F)cc2)CC1. The van der Waals surface area contributed by atoms with Crippen LogP contribution in [0, 0.1) is 5.92 Å². The number of benzene rings is 2. The van der Waals surface area contributed by atoms with Crippen molar-refractivity contribution in [3.05, 3.63) is 71.3 Å². The summed E-state index contributed by atoms with van der Waals surface area (Å²) in [6, 6.07) is 15.9. The number of urea groups is 1. The van der Waals surface area contributed by atoms with E-state index < -0.39 is 12.8 Å². The van der Waals surface area contributed by atoms with Gasteiger partial charge < -0.3 is 15.0 Å². The number of carbonyl (C=O) groups is 2. The maximum Gasteiger partial charge on any atom is 0.411 e. The Morgan fingerprint density at radius 3 is 2.19 bits per heavy atom. The molecule has 1 aliphatic rings. The van der Waals surface area contributed by atoms with E-state index >= 15 is 0 Å². The number of ether oxygens (including phenoxy) is 1. The summed E-state index contributed by atoms with van der Waals surface area (Å²) in [5.41, 5.74) is 2.17. The lowest BCUT2D eigenvalue weighted by molar-refractivity contribution is -0.176. The second kappa shape index (κ2) is 10.4. The van der Waals surface area contributed by atoms with Gasteiger partial charge in [0.25, 0.3) is 0 Å². The summed E-state index contributed by atoms with van der Waals surface area (Å²) in [5.74, 6) is 0.0542. The van der Waals surface area contributed by atoms with Crippen molar-refractivity contribution < 1.29 is 27.5 Å². The second-order valence-corrected chi connectivity index (χ2v) is 7.57. The molecule has 1 aliphatic heterocycles. The van der Waals surface area contributed by atoms with Crippen LogP contribution in [0.25, 0.3) is 0 Å². The molecular formula is C23H25F3N2O3. The molecule has 0 radical (unpaired) electrons. The lowest BCUT2D eigenvalue weighted by Gasteiger charge is -2.31. The number of piperidine rings is 1. The zero-order valence-corrected chi connectivity index (χ0v) is 17.0. The molecule has 2 amide bonds. The van der Waals surface area contributed by atoms with Crippen molar-refractivity contribution in [2.75, 3.05) is 19.7 Å². The number of hydrogen-bond donors (Lipinski definition) is 1. The van der Waals surface area contributed by atoms with Crippen LogP contribution in [0.5, 0.6) is 0 Å². The fourth-order valence-corrected chi connectivity index (χ4v) is 3.51. The number of nitrogens with zero attached hydrogens (tertiary/aromatic N) is 1. The molecule has 2 aromatic carbocycles. The van der Waals surface area contributed by atoms with E-state index in [1.807, 2.05) is 30.3 Å². The van der Waals surface area contributed by atoms with Crippen molar-refractivity contribution in [3.63, 3.8) is 0 Å². The van der Waals surface area contributed by atoms with Gasteiger partial charge in [0, 0.05) is 31.1 Å². The van der Waals surface area contributed by atoms with E-state index in [4.69, 9.17) is 0 Å². The Balaban J connectivity index is 1.40. The fraction of sp³-hybridized carbons (Fsp3) is 0.391. The summed E-state index contributed by atoms with van der Waals surface area (Å²) >= 11 is 0. The van der Waals surface area contributed by atoms with E-state index in [0.29, 0.717) is 43.6 Å². The lowest BCUT2D eigenvalue weighted by atomic mass is 9.89. The molecule has 166 valence electrons. The van der Waals surface area contributed by atoms with Crippen molar-refractivity contribution in [1.29, 1.82) is 0 Å². The first-order chi connectivity index (χ1) is 14.8. The molecule has 3 rings (SSSR count). The number of Topliss-reactive ketones (excluding diaryl/α,β-unsaturated/α-hetero) is 1. The summed E-state index contributed by atoms with van der Waals surface area (Å²) in [6.07, 6.45) is -3.07. The van der Waals surface area contributed by atoms with Crippen LogP contribution in [0.1, 0.15) is 34.3 Å². The monoisotopic (exact) mass is 434 g/mol. The molecule has 0 saturated carbocycles. The first-order valence-corrected chi connectivity index (χ1v) is 10.2. The van der Waals surface area contributed by atoms with Gasteiger partial charge in [0.05, 0.1) is 6.61 Å². The number of hydrogen-bond acceptors (Lipinski definition) is 3. The predicted molar refractivity (Wildman–Crippen MR) is 109 cm³/mol. The van der Waals surface area contributed by atoms with Gasteiger partial charge >= 0.3 is 12.2 Å². The Morgan fingerprint density at radius 2 is 1.58 bits per heavy atom. The third kappa shape index (κ3) is 7.10. The third-order valence-corrected chi connectivity index (χ3v) is 5.21. The van der Waals surface area contributed by atoms with Crippen LogP contribution >= 0.6 is 0 Å². The molecule has 31 heavy (non-hydrogen) atoms. The first-order valence-electron chi connectivity index (χ1n) is 10.2. The standard InChI is InChI=1S/C23H25F3N2O3/c24-23(25,26)16-31-15-18-8-6-17(7-9-18)14-27-22(30)28-12-10-20(11-13-28)21(29)19-4-2-1-3-5-19/h1-9,20H,10-16H2,(H,27,30).